The fraction of sp³-hybridized carbons (Fsp3) is 0.521. The first-order valence-corrected chi connectivity index (χ1v) is 22.0. The smallest absolute Gasteiger partial charge is 0.234 e. The summed E-state index contributed by atoms with van der Waals surface area (Å²) in [4.78, 5) is 13.0. The Kier molecular flexibility index (Phi) is 11.5. The van der Waals surface area contributed by atoms with E-state index in [9.17, 15) is 0 Å². The van der Waals surface area contributed by atoms with Gasteiger partial charge in [-0.2, -0.15) is 4.57 Å². The molecule has 6 N–H and O–H groups in total. The van der Waals surface area contributed by atoms with Gasteiger partial charge in [0.05, 0.1) is 23.1 Å². The number of nitrogen functional groups attached to an aromatic ring is 2. The van der Waals surface area contributed by atoms with Crippen LogP contribution in [0.15, 0.2) is 64.8 Å². The number of fused-ring (bicyclic) bond motifs is 4. The third-order valence-corrected chi connectivity index (χ3v) is 13.2. The van der Waals surface area contributed by atoms with Gasteiger partial charge < -0.3 is 27.0 Å². The Morgan fingerprint density at radius 3 is 2.02 bits per heavy atom. The Bertz CT molecular complexity index is 2170. The zero-order valence-electron chi connectivity index (χ0n) is 34.5. The van der Waals surface area contributed by atoms with Crippen LogP contribution in [0.25, 0.3) is 22.1 Å². The number of rotatable bonds is 13. The van der Waals surface area contributed by atoms with Crippen molar-refractivity contribution in [2.24, 2.45) is 4.99 Å². The molecule has 3 aliphatic carbocycles. The van der Waals surface area contributed by atoms with Crippen molar-refractivity contribution in [3.63, 3.8) is 0 Å². The van der Waals surface area contributed by atoms with Crippen LogP contribution in [-0.2, 0) is 0 Å². The molecule has 8 rings (SSSR count). The second-order valence-corrected chi connectivity index (χ2v) is 17.4. The van der Waals surface area contributed by atoms with Gasteiger partial charge in [-0.15, -0.1) is 0 Å². The molecule has 296 valence electrons. The van der Waals surface area contributed by atoms with E-state index in [4.69, 9.17) is 21.4 Å². The van der Waals surface area contributed by atoms with E-state index < -0.39 is 0 Å². The van der Waals surface area contributed by atoms with Gasteiger partial charge in [0, 0.05) is 66.9 Å². The van der Waals surface area contributed by atoms with Crippen LogP contribution < -0.4 is 31.6 Å². The van der Waals surface area contributed by atoms with Crippen LogP contribution in [0.3, 0.4) is 0 Å². The summed E-state index contributed by atoms with van der Waals surface area (Å²) < 4.78 is 2.57. The van der Waals surface area contributed by atoms with Crippen LogP contribution in [-0.4, -0.2) is 35.9 Å². The van der Waals surface area contributed by atoms with Crippen molar-refractivity contribution < 1.29 is 4.57 Å². The molecule has 8 heteroatoms. The summed E-state index contributed by atoms with van der Waals surface area (Å²) in [5.41, 5.74) is 29.8. The third kappa shape index (κ3) is 7.99. The molecule has 4 aliphatic rings. The number of hydrogen-bond acceptors (Lipinski definition) is 7. The van der Waals surface area contributed by atoms with Crippen molar-refractivity contribution >= 4 is 56.2 Å². The second-order valence-electron chi connectivity index (χ2n) is 17.4. The molecule has 0 spiro atoms. The first kappa shape index (κ1) is 38.3. The van der Waals surface area contributed by atoms with Gasteiger partial charge in [-0.25, -0.2) is 9.98 Å². The van der Waals surface area contributed by atoms with Crippen molar-refractivity contribution in [1.29, 1.82) is 0 Å². The number of aryl methyl sites for hydroxylation is 3. The van der Waals surface area contributed by atoms with Crippen LogP contribution in [0.4, 0.5) is 28.4 Å². The summed E-state index contributed by atoms with van der Waals surface area (Å²) in [6.07, 6.45) is 24.9. The van der Waals surface area contributed by atoms with Crippen LogP contribution in [0.5, 0.6) is 0 Å². The number of aromatic nitrogens is 2. The number of hydrogen-bond donors (Lipinski definition) is 4. The molecule has 0 bridgehead atoms. The van der Waals surface area contributed by atoms with Gasteiger partial charge in [-0.05, 0) is 125 Å². The molecule has 4 aromatic rings. The predicted octanol–water partition coefficient (Wildman–Crippen LogP) is 10.8. The Hall–Kier alpha value is -4.59. The SMILES string of the molecule is CC1=CC2=Nc3cc(C)c(N)cc3N(C3CCCCC3)C2C=C1NCCCCCCCCNc1cc2c(cc1C)nc1cc(C)c(N)cc1[n+]2C1CCCCC1. The fourth-order valence-corrected chi connectivity index (χ4v) is 9.87. The molecular formula is C48H65N8+. The predicted molar refractivity (Wildman–Crippen MR) is 237 cm³/mol. The number of allylic oxidation sites excluding steroid dienone is 1. The number of aliphatic imine (C=N–C) groups is 1. The van der Waals surface area contributed by atoms with Crippen molar-refractivity contribution in [2.75, 3.05) is 34.8 Å². The Balaban J connectivity index is 0.827. The average molecular weight is 754 g/mol. The van der Waals surface area contributed by atoms with E-state index in [2.05, 4.69) is 96.3 Å². The third-order valence-electron chi connectivity index (χ3n) is 13.2. The molecule has 1 aliphatic heterocycles. The Morgan fingerprint density at radius 1 is 0.679 bits per heavy atom. The van der Waals surface area contributed by atoms with Crippen molar-refractivity contribution in [3.8, 4) is 0 Å². The standard InChI is InChI=1S/C48H64N8/c1-31-23-41-45(27-37(31)49)55(35-17-11-9-12-18-35)47-29-39(33(3)25-43(47)53-41)51-21-15-7-5-6-8-16-22-52-40-30-48-44(26-34(40)4)54-42-24-32(2)38(50)28-46(42)56(48)36-19-13-10-14-20-36/h23-30,35-36,47,51H,5-22,49H2,1-4H3,(H2,50,52)/p+1. The molecule has 2 saturated carbocycles. The van der Waals surface area contributed by atoms with Gasteiger partial charge in [0.2, 0.25) is 11.0 Å². The molecule has 8 nitrogen and oxygen atoms in total. The lowest BCUT2D eigenvalue weighted by Crippen LogP contribution is -2.50. The van der Waals surface area contributed by atoms with Gasteiger partial charge in [0.1, 0.15) is 11.0 Å². The molecular weight excluding hydrogens is 689 g/mol. The number of nitrogens with two attached hydrogens (primary N) is 2. The lowest BCUT2D eigenvalue weighted by molar-refractivity contribution is -0.677. The fourth-order valence-electron chi connectivity index (χ4n) is 9.87. The summed E-state index contributed by atoms with van der Waals surface area (Å²) in [5, 5.41) is 7.63. The lowest BCUT2D eigenvalue weighted by Gasteiger charge is -2.45. The molecule has 2 fully saturated rings. The Morgan fingerprint density at radius 2 is 1.29 bits per heavy atom. The summed E-state index contributed by atoms with van der Waals surface area (Å²) in [7, 11) is 0. The van der Waals surface area contributed by atoms with Crippen LogP contribution in [0, 0.1) is 20.8 Å². The second kappa shape index (κ2) is 16.9. The van der Waals surface area contributed by atoms with Gasteiger partial charge >= 0.3 is 0 Å². The quantitative estimate of drug-likeness (QED) is 0.0469. The Labute approximate surface area is 334 Å². The lowest BCUT2D eigenvalue weighted by atomic mass is 9.88. The summed E-state index contributed by atoms with van der Waals surface area (Å²) in [6, 6.07) is 14.5. The van der Waals surface area contributed by atoms with E-state index in [0.717, 1.165) is 58.0 Å². The zero-order chi connectivity index (χ0) is 38.8. The highest BCUT2D eigenvalue weighted by molar-refractivity contribution is 6.09. The molecule has 1 aromatic heterocycles. The molecule has 56 heavy (non-hydrogen) atoms. The molecule has 0 amide bonds. The minimum absolute atomic E-state index is 0.156. The molecule has 0 saturated heterocycles. The number of unbranched alkanes of at least 4 members (excludes halogenated alkanes) is 5. The largest absolute Gasteiger partial charge is 0.398 e. The van der Waals surface area contributed by atoms with Gasteiger partial charge in [0.25, 0.3) is 0 Å². The van der Waals surface area contributed by atoms with Crippen molar-refractivity contribution in [3.05, 3.63) is 76.5 Å². The molecule has 3 aromatic carbocycles. The normalized spacial score (nSPS) is 19.0. The first-order valence-electron chi connectivity index (χ1n) is 22.0. The van der Waals surface area contributed by atoms with Crippen LogP contribution in [0.2, 0.25) is 0 Å². The maximum Gasteiger partial charge on any atom is 0.234 e. The number of nitrogens with one attached hydrogen (secondary N) is 2. The number of anilines is 4. The molecule has 0 radical (unpaired) electrons. The topological polar surface area (TPSA) is 108 Å². The van der Waals surface area contributed by atoms with E-state index in [1.807, 2.05) is 0 Å². The number of benzene rings is 3. The maximum atomic E-state index is 6.46. The minimum atomic E-state index is 0.156. The average Bonchev–Trinajstić information content (AvgIpc) is 3.19. The highest BCUT2D eigenvalue weighted by atomic mass is 15.2. The van der Waals surface area contributed by atoms with Gasteiger partial charge in [-0.3, -0.25) is 0 Å². The minimum Gasteiger partial charge on any atom is -0.398 e. The number of nitrogens with zero attached hydrogens (tertiary/aromatic N) is 4. The summed E-state index contributed by atoms with van der Waals surface area (Å²) >= 11 is 0. The summed E-state index contributed by atoms with van der Waals surface area (Å²) in [6.45, 7) is 10.6. The molecule has 2 heterocycles. The maximum absolute atomic E-state index is 6.46. The highest BCUT2D eigenvalue weighted by Crippen LogP contribution is 2.43. The van der Waals surface area contributed by atoms with E-state index in [1.165, 1.54) is 142 Å². The van der Waals surface area contributed by atoms with E-state index in [1.54, 1.807) is 0 Å². The van der Waals surface area contributed by atoms with Crippen molar-refractivity contribution in [1.82, 2.24) is 10.3 Å². The van der Waals surface area contributed by atoms with Gasteiger partial charge in [-0.1, -0.05) is 51.4 Å². The van der Waals surface area contributed by atoms with Gasteiger partial charge in [0.15, 0.2) is 6.04 Å². The van der Waals surface area contributed by atoms with Crippen LogP contribution >= 0.6 is 0 Å². The van der Waals surface area contributed by atoms with E-state index in [0.29, 0.717) is 12.1 Å². The van der Waals surface area contributed by atoms with E-state index in [-0.39, 0.29) is 6.04 Å². The molecule has 1 atom stereocenters. The molecule has 1 unspecified atom stereocenters. The van der Waals surface area contributed by atoms with Crippen LogP contribution in [0.1, 0.15) is 132 Å². The highest BCUT2D eigenvalue weighted by Gasteiger charge is 2.36. The monoisotopic (exact) mass is 754 g/mol. The van der Waals surface area contributed by atoms with Crippen molar-refractivity contribution in [2.45, 2.75) is 149 Å². The zero-order valence-corrected chi connectivity index (χ0v) is 34.5. The summed E-state index contributed by atoms with van der Waals surface area (Å²) in [5.74, 6) is 0. The van der Waals surface area contributed by atoms with E-state index >= 15 is 0 Å². The first-order chi connectivity index (χ1) is 27.2.